The molecule has 0 aromatic rings. The average Bonchev–Trinajstić information content (AvgIpc) is 1.91. The number of nitrogens with zero attached hydrogens (tertiary/aromatic N) is 1. The van der Waals surface area contributed by atoms with E-state index in [0.29, 0.717) is 5.41 Å². The zero-order valence-corrected chi connectivity index (χ0v) is 8.44. The van der Waals surface area contributed by atoms with Crippen LogP contribution in [-0.4, -0.2) is 30.7 Å². The molecule has 1 nitrogen and oxygen atoms in total. The molecule has 1 aliphatic rings. The van der Waals surface area contributed by atoms with Gasteiger partial charge in [-0.25, -0.2) is 4.39 Å². The van der Waals surface area contributed by atoms with Crippen LogP contribution < -0.4 is 0 Å². The fourth-order valence-electron chi connectivity index (χ4n) is 1.73. The molecule has 72 valence electrons. The second kappa shape index (κ2) is 3.73. The maximum atomic E-state index is 12.8. The summed E-state index contributed by atoms with van der Waals surface area (Å²) in [7, 11) is 0. The van der Waals surface area contributed by atoms with Gasteiger partial charge in [-0.3, -0.25) is 0 Å². The Labute approximate surface area is 74.9 Å². The van der Waals surface area contributed by atoms with Gasteiger partial charge in [-0.15, -0.1) is 0 Å². The number of hydrogen-bond acceptors (Lipinski definition) is 1. The predicted octanol–water partition coefficient (Wildman–Crippen LogP) is 2.47. The predicted molar refractivity (Wildman–Crippen MR) is 50.0 cm³/mol. The Hall–Kier alpha value is -0.110. The number of rotatable bonds is 1. The molecule has 12 heavy (non-hydrogen) atoms. The van der Waals surface area contributed by atoms with Gasteiger partial charge < -0.3 is 4.90 Å². The van der Waals surface area contributed by atoms with Crippen molar-refractivity contribution in [1.82, 2.24) is 4.90 Å². The molecule has 1 aliphatic heterocycles. The highest BCUT2D eigenvalue weighted by Crippen LogP contribution is 2.19. The standard InChI is InChI=1S/C10H20FN/c1-10(2,3)8-12-6-4-9(11)5-7-12/h9H,4-8H2,1-3H3. The molecule has 0 aliphatic carbocycles. The molecule has 0 saturated carbocycles. The van der Waals surface area contributed by atoms with Crippen LogP contribution in [0.4, 0.5) is 4.39 Å². The Morgan fingerprint density at radius 2 is 1.75 bits per heavy atom. The van der Waals surface area contributed by atoms with Crippen molar-refractivity contribution in [2.45, 2.75) is 39.8 Å². The van der Waals surface area contributed by atoms with Crippen molar-refractivity contribution in [3.05, 3.63) is 0 Å². The first-order valence-electron chi connectivity index (χ1n) is 4.84. The van der Waals surface area contributed by atoms with Gasteiger partial charge in [-0.05, 0) is 18.3 Å². The van der Waals surface area contributed by atoms with Crippen LogP contribution in [0.1, 0.15) is 33.6 Å². The molecule has 0 unspecified atom stereocenters. The van der Waals surface area contributed by atoms with Crippen LogP contribution in [0.3, 0.4) is 0 Å². The number of hydrogen-bond donors (Lipinski definition) is 0. The van der Waals surface area contributed by atoms with Crippen molar-refractivity contribution in [2.75, 3.05) is 19.6 Å². The van der Waals surface area contributed by atoms with E-state index in [1.165, 1.54) is 0 Å². The van der Waals surface area contributed by atoms with Gasteiger partial charge in [0.25, 0.3) is 0 Å². The van der Waals surface area contributed by atoms with Crippen molar-refractivity contribution in [2.24, 2.45) is 5.41 Å². The first kappa shape index (κ1) is 9.97. The van der Waals surface area contributed by atoms with Crippen LogP contribution in [0.25, 0.3) is 0 Å². The molecule has 1 heterocycles. The summed E-state index contributed by atoms with van der Waals surface area (Å²) in [5.74, 6) is 0. The molecule has 0 aromatic heterocycles. The van der Waals surface area contributed by atoms with Crippen LogP contribution in [0.5, 0.6) is 0 Å². The molecule has 0 radical (unpaired) electrons. The SMILES string of the molecule is CC(C)(C)CN1CCC(F)CC1. The van der Waals surface area contributed by atoms with Gasteiger partial charge in [0.05, 0.1) is 0 Å². The van der Waals surface area contributed by atoms with Crippen LogP contribution in [0.2, 0.25) is 0 Å². The van der Waals surface area contributed by atoms with E-state index in [-0.39, 0.29) is 0 Å². The summed E-state index contributed by atoms with van der Waals surface area (Å²) in [5, 5.41) is 0. The summed E-state index contributed by atoms with van der Waals surface area (Å²) in [5.41, 5.74) is 0.350. The zero-order chi connectivity index (χ0) is 9.19. The van der Waals surface area contributed by atoms with Crippen molar-refractivity contribution in [3.63, 3.8) is 0 Å². The maximum absolute atomic E-state index is 12.8. The first-order valence-corrected chi connectivity index (χ1v) is 4.84. The summed E-state index contributed by atoms with van der Waals surface area (Å²) in [6.07, 6.45) is 0.924. The smallest absolute Gasteiger partial charge is 0.103 e. The molecule has 0 N–H and O–H groups in total. The molecule has 0 aromatic carbocycles. The number of likely N-dealkylation sites (tertiary alicyclic amines) is 1. The number of halogens is 1. The largest absolute Gasteiger partial charge is 0.303 e. The lowest BCUT2D eigenvalue weighted by molar-refractivity contribution is 0.116. The molecule has 0 atom stereocenters. The summed E-state index contributed by atoms with van der Waals surface area (Å²) in [6.45, 7) is 9.67. The third-order valence-electron chi connectivity index (χ3n) is 2.22. The lowest BCUT2D eigenvalue weighted by Crippen LogP contribution is -2.39. The van der Waals surface area contributed by atoms with Gasteiger partial charge in [-0.1, -0.05) is 20.8 Å². The maximum Gasteiger partial charge on any atom is 0.103 e. The van der Waals surface area contributed by atoms with Crippen molar-refractivity contribution < 1.29 is 4.39 Å². The highest BCUT2D eigenvalue weighted by molar-refractivity contribution is 4.75. The fourth-order valence-corrected chi connectivity index (χ4v) is 1.73. The van der Waals surface area contributed by atoms with E-state index in [1.807, 2.05) is 0 Å². The minimum absolute atomic E-state index is 0.350. The Bertz CT molecular complexity index is 131. The Balaban J connectivity index is 2.26. The molecule has 1 fully saturated rings. The van der Waals surface area contributed by atoms with Crippen molar-refractivity contribution >= 4 is 0 Å². The molecule has 1 saturated heterocycles. The normalized spacial score (nSPS) is 23.0. The van der Waals surface area contributed by atoms with Gasteiger partial charge in [-0.2, -0.15) is 0 Å². The molecule has 0 amide bonds. The second-order valence-electron chi connectivity index (χ2n) is 5.01. The van der Waals surface area contributed by atoms with Crippen LogP contribution in [-0.2, 0) is 0 Å². The highest BCUT2D eigenvalue weighted by atomic mass is 19.1. The van der Waals surface area contributed by atoms with E-state index in [1.54, 1.807) is 0 Å². The van der Waals surface area contributed by atoms with E-state index in [9.17, 15) is 4.39 Å². The topological polar surface area (TPSA) is 3.24 Å². The zero-order valence-electron chi connectivity index (χ0n) is 8.44. The van der Waals surface area contributed by atoms with E-state index in [4.69, 9.17) is 0 Å². The minimum Gasteiger partial charge on any atom is -0.303 e. The lowest BCUT2D eigenvalue weighted by atomic mass is 9.95. The summed E-state index contributed by atoms with van der Waals surface area (Å²) in [4.78, 5) is 2.37. The van der Waals surface area contributed by atoms with Gasteiger partial charge in [0.1, 0.15) is 6.17 Å². The quantitative estimate of drug-likeness (QED) is 0.589. The monoisotopic (exact) mass is 173 g/mol. The molecule has 0 bridgehead atoms. The van der Waals surface area contributed by atoms with E-state index in [2.05, 4.69) is 25.7 Å². The summed E-state index contributed by atoms with van der Waals surface area (Å²) < 4.78 is 12.8. The van der Waals surface area contributed by atoms with Crippen LogP contribution >= 0.6 is 0 Å². The van der Waals surface area contributed by atoms with E-state index < -0.39 is 6.17 Å². The van der Waals surface area contributed by atoms with E-state index in [0.717, 1.165) is 32.5 Å². The summed E-state index contributed by atoms with van der Waals surface area (Å²) >= 11 is 0. The molecular weight excluding hydrogens is 153 g/mol. The molecule has 0 spiro atoms. The highest BCUT2D eigenvalue weighted by Gasteiger charge is 2.22. The van der Waals surface area contributed by atoms with Gasteiger partial charge >= 0.3 is 0 Å². The van der Waals surface area contributed by atoms with Crippen LogP contribution in [0.15, 0.2) is 0 Å². The van der Waals surface area contributed by atoms with Gasteiger partial charge in [0.15, 0.2) is 0 Å². The molecule has 1 rings (SSSR count). The Morgan fingerprint density at radius 3 is 2.17 bits per heavy atom. The third kappa shape index (κ3) is 3.53. The lowest BCUT2D eigenvalue weighted by Gasteiger charge is -2.33. The van der Waals surface area contributed by atoms with Crippen molar-refractivity contribution in [1.29, 1.82) is 0 Å². The summed E-state index contributed by atoms with van der Waals surface area (Å²) in [6, 6.07) is 0. The van der Waals surface area contributed by atoms with Crippen molar-refractivity contribution in [3.8, 4) is 0 Å². The molecule has 2 heteroatoms. The van der Waals surface area contributed by atoms with Gasteiger partial charge in [0, 0.05) is 19.6 Å². The number of alkyl halides is 1. The number of piperidine rings is 1. The minimum atomic E-state index is -0.541. The van der Waals surface area contributed by atoms with Crippen LogP contribution in [0, 0.1) is 5.41 Å². The average molecular weight is 173 g/mol. The van der Waals surface area contributed by atoms with E-state index >= 15 is 0 Å². The Morgan fingerprint density at radius 1 is 1.25 bits per heavy atom. The molecular formula is C10H20FN. The fraction of sp³-hybridized carbons (Fsp3) is 1.00. The Kier molecular flexibility index (Phi) is 3.10. The third-order valence-corrected chi connectivity index (χ3v) is 2.22. The van der Waals surface area contributed by atoms with Gasteiger partial charge in [0.2, 0.25) is 0 Å². The first-order chi connectivity index (χ1) is 5.47. The second-order valence-corrected chi connectivity index (χ2v) is 5.01.